The Morgan fingerprint density at radius 2 is 1.55 bits per heavy atom. The molecule has 3 fully saturated rings. The summed E-state index contributed by atoms with van der Waals surface area (Å²) in [6.07, 6.45) is 10.3. The van der Waals surface area contributed by atoms with Gasteiger partial charge in [0, 0.05) is 56.0 Å². The molecule has 2 unspecified atom stereocenters. The first-order valence-corrected chi connectivity index (χ1v) is 15.2. The summed E-state index contributed by atoms with van der Waals surface area (Å²) < 4.78 is 0. The molecule has 2 aromatic rings. The third kappa shape index (κ3) is 7.11. The number of amides is 1. The fourth-order valence-corrected chi connectivity index (χ4v) is 6.54. The number of nitrogens with zero attached hydrogens (tertiary/aromatic N) is 3. The molecule has 3 aliphatic rings. The molecular weight excluding hydrogens is 492 g/mol. The summed E-state index contributed by atoms with van der Waals surface area (Å²) in [5.41, 5.74) is 10.2. The average Bonchev–Trinajstić information content (AvgIpc) is 3.78. The average molecular weight is 537 g/mol. The standard InChI is InChI=1S/C32H45ClN4O/c1-24(37(23-27-11-12-27)22-26-7-3-2-4-8-26)29-9-5-6-10-31(29)35-17-19-36(20-18-35)32(38)30(34)21-25-13-15-28(33)16-14-25/h5-6,9-10,13-16,24,26-27,30H,2-4,7-8,11-12,17-23,34H2,1H3. The molecule has 0 radical (unpaired) electrons. The summed E-state index contributed by atoms with van der Waals surface area (Å²) in [6.45, 7) is 8.00. The molecule has 0 aromatic heterocycles. The van der Waals surface area contributed by atoms with Crippen LogP contribution in [0.2, 0.25) is 5.02 Å². The highest BCUT2D eigenvalue weighted by Gasteiger charge is 2.31. The van der Waals surface area contributed by atoms with Gasteiger partial charge in [0.15, 0.2) is 0 Å². The predicted octanol–water partition coefficient (Wildman–Crippen LogP) is 5.91. The summed E-state index contributed by atoms with van der Waals surface area (Å²) in [4.78, 5) is 20.4. The predicted molar refractivity (Wildman–Crippen MR) is 158 cm³/mol. The lowest BCUT2D eigenvalue weighted by atomic mass is 9.88. The molecule has 6 heteroatoms. The first kappa shape index (κ1) is 27.5. The SMILES string of the molecule is CC(c1ccccc1N1CCN(C(=O)C(N)Cc2ccc(Cl)cc2)CC1)N(CC1CCCCC1)CC1CC1. The van der Waals surface area contributed by atoms with Gasteiger partial charge in [-0.1, -0.05) is 61.2 Å². The number of hydrogen-bond donors (Lipinski definition) is 1. The van der Waals surface area contributed by atoms with E-state index in [2.05, 4.69) is 41.0 Å². The van der Waals surface area contributed by atoms with Gasteiger partial charge in [0.05, 0.1) is 6.04 Å². The fraction of sp³-hybridized carbons (Fsp3) is 0.594. The van der Waals surface area contributed by atoms with Crippen molar-refractivity contribution in [3.63, 3.8) is 0 Å². The zero-order valence-corrected chi connectivity index (χ0v) is 23.8. The van der Waals surface area contributed by atoms with Crippen molar-refractivity contribution in [1.82, 2.24) is 9.80 Å². The maximum Gasteiger partial charge on any atom is 0.239 e. The van der Waals surface area contributed by atoms with Crippen LogP contribution in [-0.4, -0.2) is 61.0 Å². The quantitative estimate of drug-likeness (QED) is 0.410. The maximum absolute atomic E-state index is 13.1. The fourth-order valence-electron chi connectivity index (χ4n) is 6.41. The molecule has 38 heavy (non-hydrogen) atoms. The number of anilines is 1. The molecule has 1 aliphatic heterocycles. The van der Waals surface area contributed by atoms with E-state index >= 15 is 0 Å². The van der Waals surface area contributed by atoms with Gasteiger partial charge in [-0.3, -0.25) is 9.69 Å². The van der Waals surface area contributed by atoms with Crippen LogP contribution < -0.4 is 10.6 Å². The third-order valence-corrected chi connectivity index (χ3v) is 9.21. The van der Waals surface area contributed by atoms with Gasteiger partial charge in [-0.2, -0.15) is 0 Å². The van der Waals surface area contributed by atoms with E-state index in [9.17, 15) is 4.79 Å². The number of piperazine rings is 1. The number of hydrogen-bond acceptors (Lipinski definition) is 4. The van der Waals surface area contributed by atoms with Crippen molar-refractivity contribution >= 4 is 23.2 Å². The normalized spacial score (nSPS) is 20.5. The summed E-state index contributed by atoms with van der Waals surface area (Å²) in [5, 5.41) is 0.698. The highest BCUT2D eigenvalue weighted by molar-refractivity contribution is 6.30. The largest absolute Gasteiger partial charge is 0.368 e. The third-order valence-electron chi connectivity index (χ3n) is 8.96. The van der Waals surface area contributed by atoms with Crippen LogP contribution in [0.3, 0.4) is 0 Å². The smallest absolute Gasteiger partial charge is 0.239 e. The molecule has 1 heterocycles. The number of rotatable bonds is 10. The Labute approximate surface area is 234 Å². The second-order valence-corrected chi connectivity index (χ2v) is 12.3. The van der Waals surface area contributed by atoms with E-state index in [-0.39, 0.29) is 5.91 Å². The van der Waals surface area contributed by atoms with E-state index < -0.39 is 6.04 Å². The highest BCUT2D eigenvalue weighted by Crippen LogP contribution is 2.37. The molecule has 1 amide bonds. The topological polar surface area (TPSA) is 52.8 Å². The van der Waals surface area contributed by atoms with Crippen LogP contribution in [0.1, 0.15) is 69.0 Å². The lowest BCUT2D eigenvalue weighted by molar-refractivity contribution is -0.132. The van der Waals surface area contributed by atoms with Gasteiger partial charge in [-0.05, 0) is 80.2 Å². The molecule has 206 valence electrons. The minimum absolute atomic E-state index is 0.0457. The van der Waals surface area contributed by atoms with E-state index in [1.54, 1.807) is 0 Å². The lowest BCUT2D eigenvalue weighted by Gasteiger charge is -2.40. The van der Waals surface area contributed by atoms with Crippen molar-refractivity contribution in [1.29, 1.82) is 0 Å². The van der Waals surface area contributed by atoms with E-state index in [0.29, 0.717) is 30.6 Å². The minimum atomic E-state index is -0.522. The van der Waals surface area contributed by atoms with Crippen LogP contribution in [0.5, 0.6) is 0 Å². The number of nitrogens with two attached hydrogens (primary N) is 1. The number of carbonyl (C=O) groups excluding carboxylic acids is 1. The molecule has 2 saturated carbocycles. The Kier molecular flexibility index (Phi) is 9.29. The summed E-state index contributed by atoms with van der Waals surface area (Å²) >= 11 is 6.00. The van der Waals surface area contributed by atoms with Crippen LogP contribution in [0.25, 0.3) is 0 Å². The van der Waals surface area contributed by atoms with E-state index in [1.165, 1.54) is 69.3 Å². The van der Waals surface area contributed by atoms with Crippen LogP contribution in [0.4, 0.5) is 5.69 Å². The van der Waals surface area contributed by atoms with Crippen molar-refractivity contribution in [2.24, 2.45) is 17.6 Å². The van der Waals surface area contributed by atoms with Gasteiger partial charge < -0.3 is 15.5 Å². The van der Waals surface area contributed by atoms with Crippen LogP contribution >= 0.6 is 11.6 Å². The number of para-hydroxylation sites is 1. The Balaban J connectivity index is 1.21. The number of carbonyl (C=O) groups is 1. The number of halogens is 1. The molecule has 5 rings (SSSR count). The Morgan fingerprint density at radius 1 is 0.921 bits per heavy atom. The van der Waals surface area contributed by atoms with E-state index in [4.69, 9.17) is 17.3 Å². The second kappa shape index (κ2) is 12.8. The molecule has 5 nitrogen and oxygen atoms in total. The molecule has 2 aliphatic carbocycles. The molecule has 2 aromatic carbocycles. The van der Waals surface area contributed by atoms with Gasteiger partial charge in [0.25, 0.3) is 0 Å². The first-order chi connectivity index (χ1) is 18.5. The van der Waals surface area contributed by atoms with Crippen molar-refractivity contribution in [2.45, 2.75) is 70.4 Å². The molecule has 2 atom stereocenters. The van der Waals surface area contributed by atoms with Crippen LogP contribution in [0.15, 0.2) is 48.5 Å². The molecule has 2 N–H and O–H groups in total. The van der Waals surface area contributed by atoms with Gasteiger partial charge in [0.1, 0.15) is 0 Å². The molecule has 1 saturated heterocycles. The Morgan fingerprint density at radius 3 is 2.21 bits per heavy atom. The highest BCUT2D eigenvalue weighted by atomic mass is 35.5. The van der Waals surface area contributed by atoms with Crippen LogP contribution in [0, 0.1) is 11.8 Å². The van der Waals surface area contributed by atoms with E-state index in [1.807, 2.05) is 29.2 Å². The van der Waals surface area contributed by atoms with Crippen molar-refractivity contribution in [3.8, 4) is 0 Å². The number of benzene rings is 2. The van der Waals surface area contributed by atoms with Crippen molar-refractivity contribution in [2.75, 3.05) is 44.2 Å². The minimum Gasteiger partial charge on any atom is -0.368 e. The second-order valence-electron chi connectivity index (χ2n) is 11.9. The molecule has 0 bridgehead atoms. The van der Waals surface area contributed by atoms with Gasteiger partial charge in [0.2, 0.25) is 5.91 Å². The van der Waals surface area contributed by atoms with Gasteiger partial charge in [-0.25, -0.2) is 0 Å². The monoisotopic (exact) mass is 536 g/mol. The van der Waals surface area contributed by atoms with Crippen molar-refractivity contribution < 1.29 is 4.79 Å². The molecular formula is C32H45ClN4O. The lowest BCUT2D eigenvalue weighted by Crippen LogP contribution is -2.54. The summed E-state index contributed by atoms with van der Waals surface area (Å²) in [7, 11) is 0. The summed E-state index contributed by atoms with van der Waals surface area (Å²) in [5.74, 6) is 1.79. The van der Waals surface area contributed by atoms with Crippen LogP contribution in [-0.2, 0) is 11.2 Å². The van der Waals surface area contributed by atoms with E-state index in [0.717, 1.165) is 30.5 Å². The van der Waals surface area contributed by atoms with Crippen molar-refractivity contribution in [3.05, 3.63) is 64.7 Å². The van der Waals surface area contributed by atoms with Gasteiger partial charge in [-0.15, -0.1) is 0 Å². The zero-order chi connectivity index (χ0) is 26.5. The first-order valence-electron chi connectivity index (χ1n) is 14.8. The Bertz CT molecular complexity index is 1040. The summed E-state index contributed by atoms with van der Waals surface area (Å²) in [6, 6.07) is 16.5. The van der Waals surface area contributed by atoms with Gasteiger partial charge >= 0.3 is 0 Å². The maximum atomic E-state index is 13.1. The Hall–Kier alpha value is -2.08. The molecule has 0 spiro atoms. The zero-order valence-electron chi connectivity index (χ0n) is 23.0.